The zero-order chi connectivity index (χ0) is 14.5. The Labute approximate surface area is 120 Å². The van der Waals surface area contributed by atoms with Crippen LogP contribution in [0.1, 0.15) is 20.3 Å². The van der Waals surface area contributed by atoms with Crippen molar-refractivity contribution in [1.29, 1.82) is 0 Å². The van der Waals surface area contributed by atoms with Crippen LogP contribution < -0.4 is 15.0 Å². The number of anilines is 2. The second-order valence-electron chi connectivity index (χ2n) is 5.30. The molecule has 20 heavy (non-hydrogen) atoms. The van der Waals surface area contributed by atoms with Gasteiger partial charge in [-0.25, -0.2) is 0 Å². The molecule has 0 atom stereocenters. The molecule has 1 N–H and O–H groups in total. The Morgan fingerprint density at radius 3 is 2.60 bits per heavy atom. The minimum atomic E-state index is 0.0465. The van der Waals surface area contributed by atoms with Crippen molar-refractivity contribution in [1.82, 2.24) is 19.9 Å². The van der Waals surface area contributed by atoms with E-state index < -0.39 is 0 Å². The molecule has 1 aromatic heterocycles. The number of rotatable bonds is 4. The summed E-state index contributed by atoms with van der Waals surface area (Å²) in [5.41, 5.74) is 0. The molecule has 0 aromatic carbocycles. The van der Waals surface area contributed by atoms with E-state index in [0.29, 0.717) is 17.9 Å². The molecular formula is C13H24N6O. The standard InChI is InChI=1S/C13H24N6O/c1-10(2)20-13-16-11(14-3)15-12(17-13)19-7-5-6-18(4)8-9-19/h10H,5-9H2,1-4H3,(H,14,15,16,17). The van der Waals surface area contributed by atoms with Crippen LogP contribution in [0.4, 0.5) is 11.9 Å². The molecule has 0 saturated carbocycles. The van der Waals surface area contributed by atoms with E-state index in [1.165, 1.54) is 0 Å². The summed E-state index contributed by atoms with van der Waals surface area (Å²) in [5.74, 6) is 1.23. The van der Waals surface area contributed by atoms with Crippen molar-refractivity contribution in [2.45, 2.75) is 26.4 Å². The Morgan fingerprint density at radius 2 is 1.90 bits per heavy atom. The molecule has 1 saturated heterocycles. The third kappa shape index (κ3) is 3.93. The Bertz CT molecular complexity index is 439. The highest BCUT2D eigenvalue weighted by Gasteiger charge is 2.17. The summed E-state index contributed by atoms with van der Waals surface area (Å²) in [6.45, 7) is 7.92. The van der Waals surface area contributed by atoms with Gasteiger partial charge in [0.1, 0.15) is 0 Å². The average Bonchev–Trinajstić information content (AvgIpc) is 2.62. The summed E-state index contributed by atoms with van der Waals surface area (Å²) < 4.78 is 5.60. The Balaban J connectivity index is 2.20. The summed E-state index contributed by atoms with van der Waals surface area (Å²) in [7, 11) is 3.94. The zero-order valence-electron chi connectivity index (χ0n) is 12.8. The molecular weight excluding hydrogens is 256 g/mol. The van der Waals surface area contributed by atoms with Crippen molar-refractivity contribution in [3.05, 3.63) is 0 Å². The third-order valence-electron chi connectivity index (χ3n) is 3.17. The first-order chi connectivity index (χ1) is 9.58. The van der Waals surface area contributed by atoms with Crippen LogP contribution in [0.25, 0.3) is 0 Å². The Hall–Kier alpha value is -1.63. The molecule has 7 heteroatoms. The second kappa shape index (κ2) is 6.69. The molecule has 0 radical (unpaired) electrons. The average molecular weight is 280 g/mol. The van der Waals surface area contributed by atoms with E-state index in [4.69, 9.17) is 4.74 Å². The monoisotopic (exact) mass is 280 g/mol. The lowest BCUT2D eigenvalue weighted by Crippen LogP contribution is -2.30. The van der Waals surface area contributed by atoms with Gasteiger partial charge in [-0.3, -0.25) is 0 Å². The molecule has 1 fully saturated rings. The van der Waals surface area contributed by atoms with Gasteiger partial charge in [0.25, 0.3) is 0 Å². The van der Waals surface area contributed by atoms with Crippen LogP contribution >= 0.6 is 0 Å². The van der Waals surface area contributed by atoms with Crippen LogP contribution in [0.3, 0.4) is 0 Å². The molecule has 2 rings (SSSR count). The predicted octanol–water partition coefficient (Wildman–Crippen LogP) is 0.842. The third-order valence-corrected chi connectivity index (χ3v) is 3.17. The maximum Gasteiger partial charge on any atom is 0.323 e. The quantitative estimate of drug-likeness (QED) is 0.876. The highest BCUT2D eigenvalue weighted by atomic mass is 16.5. The molecule has 0 bridgehead atoms. The maximum absolute atomic E-state index is 5.60. The van der Waals surface area contributed by atoms with Crippen molar-refractivity contribution in [3.63, 3.8) is 0 Å². The first kappa shape index (κ1) is 14.8. The summed E-state index contributed by atoms with van der Waals surface area (Å²) in [5, 5.41) is 2.97. The number of nitrogens with zero attached hydrogens (tertiary/aromatic N) is 5. The van der Waals surface area contributed by atoms with Crippen LogP contribution in [0.2, 0.25) is 0 Å². The Kier molecular flexibility index (Phi) is 4.94. The van der Waals surface area contributed by atoms with E-state index in [-0.39, 0.29) is 6.10 Å². The highest BCUT2D eigenvalue weighted by Crippen LogP contribution is 2.17. The van der Waals surface area contributed by atoms with Crippen LogP contribution in [0, 0.1) is 0 Å². The molecule has 0 aliphatic carbocycles. The van der Waals surface area contributed by atoms with Gasteiger partial charge >= 0.3 is 6.01 Å². The van der Waals surface area contributed by atoms with Gasteiger partial charge in [0.15, 0.2) is 0 Å². The fraction of sp³-hybridized carbons (Fsp3) is 0.769. The van der Waals surface area contributed by atoms with E-state index in [0.717, 1.165) is 32.6 Å². The zero-order valence-corrected chi connectivity index (χ0v) is 12.8. The summed E-state index contributed by atoms with van der Waals surface area (Å²) in [6.07, 6.45) is 1.16. The lowest BCUT2D eigenvalue weighted by Gasteiger charge is -2.21. The molecule has 2 heterocycles. The van der Waals surface area contributed by atoms with Crippen molar-refractivity contribution in [3.8, 4) is 6.01 Å². The lowest BCUT2D eigenvalue weighted by atomic mass is 10.4. The number of aromatic nitrogens is 3. The Morgan fingerprint density at radius 1 is 1.10 bits per heavy atom. The van der Waals surface area contributed by atoms with E-state index in [2.05, 4.69) is 37.1 Å². The van der Waals surface area contributed by atoms with Crippen LogP contribution in [-0.4, -0.2) is 66.2 Å². The van der Waals surface area contributed by atoms with Gasteiger partial charge in [-0.05, 0) is 33.9 Å². The van der Waals surface area contributed by atoms with E-state index in [1.807, 2.05) is 13.8 Å². The fourth-order valence-electron chi connectivity index (χ4n) is 2.11. The number of hydrogen-bond acceptors (Lipinski definition) is 7. The lowest BCUT2D eigenvalue weighted by molar-refractivity contribution is 0.222. The number of hydrogen-bond donors (Lipinski definition) is 1. The first-order valence-corrected chi connectivity index (χ1v) is 7.12. The normalized spacial score (nSPS) is 17.1. The molecule has 1 aliphatic heterocycles. The predicted molar refractivity (Wildman–Crippen MR) is 79.5 cm³/mol. The largest absolute Gasteiger partial charge is 0.461 e. The van der Waals surface area contributed by atoms with Gasteiger partial charge in [-0.15, -0.1) is 0 Å². The van der Waals surface area contributed by atoms with E-state index >= 15 is 0 Å². The van der Waals surface area contributed by atoms with Crippen LogP contribution in [-0.2, 0) is 0 Å². The number of likely N-dealkylation sites (N-methyl/N-ethyl adjacent to an activating group) is 1. The molecule has 1 aromatic rings. The van der Waals surface area contributed by atoms with Gasteiger partial charge < -0.3 is 19.9 Å². The van der Waals surface area contributed by atoms with Gasteiger partial charge in [-0.2, -0.15) is 15.0 Å². The number of ether oxygens (including phenoxy) is 1. The van der Waals surface area contributed by atoms with E-state index in [9.17, 15) is 0 Å². The summed E-state index contributed by atoms with van der Waals surface area (Å²) >= 11 is 0. The smallest absolute Gasteiger partial charge is 0.323 e. The fourth-order valence-corrected chi connectivity index (χ4v) is 2.11. The van der Waals surface area contributed by atoms with Crippen LogP contribution in [0.5, 0.6) is 6.01 Å². The topological polar surface area (TPSA) is 66.4 Å². The van der Waals surface area contributed by atoms with Gasteiger partial charge in [0, 0.05) is 26.7 Å². The first-order valence-electron chi connectivity index (χ1n) is 7.12. The maximum atomic E-state index is 5.60. The molecule has 1 aliphatic rings. The molecule has 7 nitrogen and oxygen atoms in total. The van der Waals surface area contributed by atoms with Crippen molar-refractivity contribution >= 4 is 11.9 Å². The van der Waals surface area contributed by atoms with E-state index in [1.54, 1.807) is 7.05 Å². The molecule has 0 unspecified atom stereocenters. The molecule has 0 spiro atoms. The summed E-state index contributed by atoms with van der Waals surface area (Å²) in [4.78, 5) is 17.6. The van der Waals surface area contributed by atoms with Crippen molar-refractivity contribution < 1.29 is 4.74 Å². The minimum Gasteiger partial charge on any atom is -0.461 e. The van der Waals surface area contributed by atoms with Gasteiger partial charge in [-0.1, -0.05) is 0 Å². The molecule has 0 amide bonds. The van der Waals surface area contributed by atoms with Gasteiger partial charge in [0.2, 0.25) is 11.9 Å². The second-order valence-corrected chi connectivity index (χ2v) is 5.30. The van der Waals surface area contributed by atoms with Crippen LogP contribution in [0.15, 0.2) is 0 Å². The minimum absolute atomic E-state index is 0.0465. The highest BCUT2D eigenvalue weighted by molar-refractivity contribution is 5.38. The molecule has 112 valence electrons. The number of nitrogens with one attached hydrogen (secondary N) is 1. The SMILES string of the molecule is CNc1nc(OC(C)C)nc(N2CCCN(C)CC2)n1. The van der Waals surface area contributed by atoms with Gasteiger partial charge in [0.05, 0.1) is 6.10 Å². The van der Waals surface area contributed by atoms with Crippen molar-refractivity contribution in [2.75, 3.05) is 50.5 Å². The summed E-state index contributed by atoms with van der Waals surface area (Å²) in [6, 6.07) is 0.381. The van der Waals surface area contributed by atoms with Crippen molar-refractivity contribution in [2.24, 2.45) is 0 Å².